The molecule has 1 atom stereocenters. The molecule has 25 heavy (non-hydrogen) atoms. The highest BCUT2D eigenvalue weighted by atomic mass is 32.1. The summed E-state index contributed by atoms with van der Waals surface area (Å²) in [5, 5.41) is 16.7. The van der Waals surface area contributed by atoms with Gasteiger partial charge in [-0.15, -0.1) is 0 Å². The highest BCUT2D eigenvalue weighted by Gasteiger charge is 2.18. The Kier molecular flexibility index (Phi) is 7.65. The van der Waals surface area contributed by atoms with Crippen LogP contribution in [0.3, 0.4) is 0 Å². The lowest BCUT2D eigenvalue weighted by atomic mass is 10.1. The van der Waals surface area contributed by atoms with Gasteiger partial charge in [0, 0.05) is 18.1 Å². The minimum Gasteiger partial charge on any atom is -0.467 e. The van der Waals surface area contributed by atoms with Gasteiger partial charge in [-0.3, -0.25) is 4.79 Å². The Hall–Kier alpha value is -1.18. The first-order chi connectivity index (χ1) is 11.8. The molecular formula is C18H31N3O3S. The smallest absolute Gasteiger partial charge is 0.273 e. The van der Waals surface area contributed by atoms with Gasteiger partial charge >= 0.3 is 0 Å². The van der Waals surface area contributed by atoms with E-state index >= 15 is 0 Å². The van der Waals surface area contributed by atoms with E-state index in [1.54, 1.807) is 6.20 Å². The molecule has 1 aliphatic carbocycles. The predicted molar refractivity (Wildman–Crippen MR) is 100 cm³/mol. The van der Waals surface area contributed by atoms with Crippen molar-refractivity contribution < 1.29 is 14.6 Å². The molecule has 1 unspecified atom stereocenters. The molecule has 1 heterocycles. The molecule has 1 aromatic heterocycles. The lowest BCUT2D eigenvalue weighted by Gasteiger charge is -2.22. The molecule has 1 aliphatic rings. The van der Waals surface area contributed by atoms with Crippen LogP contribution in [-0.2, 0) is 0 Å². The Morgan fingerprint density at radius 1 is 1.36 bits per heavy atom. The lowest BCUT2D eigenvalue weighted by molar-refractivity contribution is 0.0937. The van der Waals surface area contributed by atoms with E-state index in [2.05, 4.69) is 15.6 Å². The number of aliphatic hydroxyl groups is 1. The zero-order valence-electron chi connectivity index (χ0n) is 15.5. The first-order valence-electron chi connectivity index (χ1n) is 9.16. The second-order valence-corrected chi connectivity index (χ2v) is 8.74. The number of β-amino-alcohol motifs (C(OH)–C–C–N with tert-alkyl or cyclic N) is 1. The largest absolute Gasteiger partial charge is 0.467 e. The fourth-order valence-electron chi connectivity index (χ4n) is 2.76. The van der Waals surface area contributed by atoms with Crippen LogP contribution in [0.25, 0.3) is 0 Å². The first-order valence-corrected chi connectivity index (χ1v) is 9.98. The third kappa shape index (κ3) is 7.71. The van der Waals surface area contributed by atoms with Gasteiger partial charge in [0.15, 0.2) is 0 Å². The van der Waals surface area contributed by atoms with Gasteiger partial charge in [-0.1, -0.05) is 37.0 Å². The van der Waals surface area contributed by atoms with Crippen molar-refractivity contribution in [1.82, 2.24) is 15.6 Å². The van der Waals surface area contributed by atoms with Crippen LogP contribution in [0.2, 0.25) is 0 Å². The molecule has 1 amide bonds. The number of aromatic nitrogens is 1. The van der Waals surface area contributed by atoms with Gasteiger partial charge in [-0.05, 0) is 33.6 Å². The fraction of sp³-hybridized carbons (Fsp3) is 0.778. The van der Waals surface area contributed by atoms with Crippen LogP contribution < -0.4 is 15.4 Å². The number of aliphatic hydroxyl groups excluding tert-OH is 1. The Morgan fingerprint density at radius 3 is 2.68 bits per heavy atom. The Morgan fingerprint density at radius 2 is 2.04 bits per heavy atom. The average molecular weight is 370 g/mol. The van der Waals surface area contributed by atoms with E-state index in [4.69, 9.17) is 4.74 Å². The van der Waals surface area contributed by atoms with Crippen molar-refractivity contribution in [3.8, 4) is 5.19 Å². The summed E-state index contributed by atoms with van der Waals surface area (Å²) in [6.45, 7) is 6.73. The molecule has 0 radical (unpaired) electrons. The van der Waals surface area contributed by atoms with Crippen LogP contribution >= 0.6 is 11.3 Å². The molecule has 1 fully saturated rings. The number of amides is 1. The van der Waals surface area contributed by atoms with E-state index in [1.165, 1.54) is 37.0 Å². The zero-order valence-corrected chi connectivity index (χ0v) is 16.3. The standard InChI is InChI=1S/C18H31N3O3S/c1-18(2,3)20-10-14(22)12-24-17-19-11-15(25-17)16(23)21-13-8-6-4-5-7-9-13/h11,13-14,20,22H,4-10,12H2,1-3H3,(H,21,23). The van der Waals surface area contributed by atoms with Crippen LogP contribution in [0.1, 0.15) is 69.0 Å². The average Bonchev–Trinajstić information content (AvgIpc) is 2.88. The van der Waals surface area contributed by atoms with Gasteiger partial charge in [0.2, 0.25) is 0 Å². The number of nitrogens with zero attached hydrogens (tertiary/aromatic N) is 1. The molecule has 0 aromatic carbocycles. The Balaban J connectivity index is 1.76. The maximum Gasteiger partial charge on any atom is 0.273 e. The highest BCUT2D eigenvalue weighted by molar-refractivity contribution is 7.15. The molecule has 0 aliphatic heterocycles. The Bertz CT molecular complexity index is 534. The topological polar surface area (TPSA) is 83.5 Å². The van der Waals surface area contributed by atoms with E-state index < -0.39 is 6.10 Å². The van der Waals surface area contributed by atoms with E-state index in [1.807, 2.05) is 20.8 Å². The lowest BCUT2D eigenvalue weighted by Crippen LogP contribution is -2.42. The first kappa shape index (κ1) is 20.1. The van der Waals surface area contributed by atoms with Gasteiger partial charge in [0.1, 0.15) is 17.6 Å². The third-order valence-corrected chi connectivity index (χ3v) is 5.07. The number of nitrogens with one attached hydrogen (secondary N) is 2. The summed E-state index contributed by atoms with van der Waals surface area (Å²) in [5.41, 5.74) is -0.0502. The number of thiazole rings is 1. The summed E-state index contributed by atoms with van der Waals surface area (Å²) < 4.78 is 5.51. The van der Waals surface area contributed by atoms with Gasteiger partial charge < -0.3 is 20.5 Å². The maximum absolute atomic E-state index is 12.3. The van der Waals surface area contributed by atoms with Crippen LogP contribution in [0.5, 0.6) is 5.19 Å². The van der Waals surface area contributed by atoms with Gasteiger partial charge in [0.05, 0.1) is 6.20 Å². The van der Waals surface area contributed by atoms with Crippen LogP contribution in [-0.4, -0.2) is 46.8 Å². The molecule has 142 valence electrons. The van der Waals surface area contributed by atoms with Gasteiger partial charge in [0.25, 0.3) is 11.1 Å². The second-order valence-electron chi connectivity index (χ2n) is 7.75. The summed E-state index contributed by atoms with van der Waals surface area (Å²) in [6, 6.07) is 0.270. The van der Waals surface area contributed by atoms with E-state index in [0.717, 1.165) is 12.8 Å². The monoisotopic (exact) mass is 369 g/mol. The normalized spacial score (nSPS) is 17.8. The number of carbonyl (C=O) groups is 1. The number of rotatable bonds is 7. The SMILES string of the molecule is CC(C)(C)NCC(O)COc1ncc(C(=O)NC2CCCCCC2)s1. The van der Waals surface area contributed by atoms with Crippen molar-refractivity contribution in [1.29, 1.82) is 0 Å². The van der Waals surface area contributed by atoms with Crippen molar-refractivity contribution in [2.45, 2.75) is 77.0 Å². The highest BCUT2D eigenvalue weighted by Crippen LogP contribution is 2.22. The molecule has 0 saturated heterocycles. The minimum atomic E-state index is -0.619. The van der Waals surface area contributed by atoms with Crippen molar-refractivity contribution in [2.75, 3.05) is 13.2 Å². The summed E-state index contributed by atoms with van der Waals surface area (Å²) in [6.07, 6.45) is 7.93. The fourth-order valence-corrected chi connectivity index (χ4v) is 3.44. The van der Waals surface area contributed by atoms with Crippen LogP contribution in [0, 0.1) is 0 Å². The molecule has 1 saturated carbocycles. The van der Waals surface area contributed by atoms with Gasteiger partial charge in [-0.25, -0.2) is 4.98 Å². The maximum atomic E-state index is 12.3. The van der Waals surface area contributed by atoms with Gasteiger partial charge in [-0.2, -0.15) is 0 Å². The van der Waals surface area contributed by atoms with Crippen molar-refractivity contribution in [2.24, 2.45) is 0 Å². The number of carbonyl (C=O) groups excluding carboxylic acids is 1. The summed E-state index contributed by atoms with van der Waals surface area (Å²) in [4.78, 5) is 17.0. The second kappa shape index (κ2) is 9.50. The number of hydrogen-bond acceptors (Lipinski definition) is 6. The van der Waals surface area contributed by atoms with Crippen LogP contribution in [0.4, 0.5) is 0 Å². The zero-order chi connectivity index (χ0) is 18.3. The molecule has 2 rings (SSSR count). The van der Waals surface area contributed by atoms with Crippen molar-refractivity contribution in [3.05, 3.63) is 11.1 Å². The summed E-state index contributed by atoms with van der Waals surface area (Å²) in [5.74, 6) is -0.0748. The molecule has 3 N–H and O–H groups in total. The minimum absolute atomic E-state index is 0.0502. The van der Waals surface area contributed by atoms with E-state index in [0.29, 0.717) is 16.6 Å². The Labute approximate surface area is 154 Å². The quantitative estimate of drug-likeness (QED) is 0.644. The van der Waals surface area contributed by atoms with Crippen LogP contribution in [0.15, 0.2) is 6.20 Å². The van der Waals surface area contributed by atoms with E-state index in [-0.39, 0.29) is 24.1 Å². The predicted octanol–water partition coefficient (Wildman–Crippen LogP) is 2.72. The molecule has 0 bridgehead atoms. The van der Waals surface area contributed by atoms with Crippen molar-refractivity contribution in [3.63, 3.8) is 0 Å². The molecule has 6 nitrogen and oxygen atoms in total. The number of hydrogen-bond donors (Lipinski definition) is 3. The molecule has 0 spiro atoms. The molecule has 7 heteroatoms. The van der Waals surface area contributed by atoms with E-state index in [9.17, 15) is 9.90 Å². The third-order valence-electron chi connectivity index (χ3n) is 4.17. The summed E-state index contributed by atoms with van der Waals surface area (Å²) in [7, 11) is 0. The number of ether oxygens (including phenoxy) is 1. The molecular weight excluding hydrogens is 338 g/mol. The summed E-state index contributed by atoms with van der Waals surface area (Å²) >= 11 is 1.22. The van der Waals surface area contributed by atoms with Crippen molar-refractivity contribution >= 4 is 17.2 Å². The molecule has 1 aromatic rings.